The molecule has 0 spiro atoms. The third kappa shape index (κ3) is 5.06. The molecular formula is C18H17ClN2O4. The highest BCUT2D eigenvalue weighted by Crippen LogP contribution is 2.35. The summed E-state index contributed by atoms with van der Waals surface area (Å²) in [6.07, 6.45) is 0. The molecule has 0 saturated carbocycles. The van der Waals surface area contributed by atoms with Gasteiger partial charge in [0.05, 0.1) is 12.8 Å². The van der Waals surface area contributed by atoms with Gasteiger partial charge in [0.25, 0.3) is 0 Å². The van der Waals surface area contributed by atoms with Crippen LogP contribution in [0.1, 0.15) is 12.5 Å². The molecule has 0 aliphatic rings. The summed E-state index contributed by atoms with van der Waals surface area (Å²) in [6, 6.07) is 9.89. The van der Waals surface area contributed by atoms with Crippen LogP contribution in [0.2, 0.25) is 5.02 Å². The Balaban J connectivity index is 2.21. The maximum absolute atomic E-state index is 11.5. The molecular weight excluding hydrogens is 344 g/mol. The van der Waals surface area contributed by atoms with Crippen molar-refractivity contribution in [2.75, 3.05) is 7.11 Å². The Bertz CT molecular complexity index is 817. The van der Waals surface area contributed by atoms with Gasteiger partial charge in [-0.05, 0) is 43.3 Å². The van der Waals surface area contributed by atoms with E-state index < -0.39 is 5.97 Å². The third-order valence-electron chi connectivity index (χ3n) is 3.19. The molecule has 0 radical (unpaired) electrons. The highest BCUT2D eigenvalue weighted by atomic mass is 35.5. The number of carbonyl (C=O) groups is 1. The summed E-state index contributed by atoms with van der Waals surface area (Å²) in [4.78, 5) is 11.5. The first-order chi connectivity index (χ1) is 11.9. The van der Waals surface area contributed by atoms with E-state index in [4.69, 9.17) is 21.1 Å². The molecule has 0 aromatic heterocycles. The number of hydrogen-bond donors (Lipinski definition) is 1. The van der Waals surface area contributed by atoms with E-state index in [1.165, 1.54) is 19.1 Å². The van der Waals surface area contributed by atoms with Crippen LogP contribution in [0.15, 0.2) is 58.8 Å². The lowest BCUT2D eigenvalue weighted by Gasteiger charge is -2.09. The molecule has 0 amide bonds. The molecule has 2 rings (SSSR count). The van der Waals surface area contributed by atoms with Crippen LogP contribution in [0.3, 0.4) is 0 Å². The fraction of sp³-hybridized carbons (Fsp3) is 0.167. The number of methoxy groups -OCH3 is 1. The number of nitrogens with zero attached hydrogens (tertiary/aromatic N) is 2. The summed E-state index contributed by atoms with van der Waals surface area (Å²) in [5.41, 5.74) is 1.34. The van der Waals surface area contributed by atoms with Gasteiger partial charge in [-0.1, -0.05) is 18.2 Å². The minimum Gasteiger partial charge on any atom is -0.505 e. The zero-order valence-electron chi connectivity index (χ0n) is 13.8. The first kappa shape index (κ1) is 18.5. The van der Waals surface area contributed by atoms with Crippen molar-refractivity contribution in [3.05, 3.63) is 59.1 Å². The first-order valence-electron chi connectivity index (χ1n) is 7.30. The predicted octanol–water partition coefficient (Wildman–Crippen LogP) is 5.09. The number of azo groups is 1. The molecule has 0 heterocycles. The Morgan fingerprint density at radius 2 is 1.92 bits per heavy atom. The number of benzene rings is 2. The van der Waals surface area contributed by atoms with Gasteiger partial charge in [-0.2, -0.15) is 5.11 Å². The van der Waals surface area contributed by atoms with Crippen LogP contribution in [0.5, 0.6) is 11.5 Å². The van der Waals surface area contributed by atoms with Gasteiger partial charge < -0.3 is 14.6 Å². The lowest BCUT2D eigenvalue weighted by molar-refractivity contribution is -0.140. The molecule has 25 heavy (non-hydrogen) atoms. The Morgan fingerprint density at radius 3 is 2.52 bits per heavy atom. The van der Waals surface area contributed by atoms with E-state index in [1.807, 2.05) is 0 Å². The number of phenols is 1. The molecule has 2 aromatic carbocycles. The number of esters is 1. The second kappa shape index (κ2) is 8.30. The normalized spacial score (nSPS) is 10.7. The van der Waals surface area contributed by atoms with Crippen molar-refractivity contribution in [2.24, 2.45) is 10.2 Å². The third-order valence-corrected chi connectivity index (χ3v) is 3.40. The Morgan fingerprint density at radius 1 is 1.24 bits per heavy atom. The molecule has 0 aliphatic heterocycles. The van der Waals surface area contributed by atoms with E-state index in [0.717, 1.165) is 0 Å². The molecule has 0 atom stereocenters. The van der Waals surface area contributed by atoms with Crippen LogP contribution in [-0.4, -0.2) is 18.2 Å². The van der Waals surface area contributed by atoms with Gasteiger partial charge in [0.1, 0.15) is 23.8 Å². The molecule has 0 fully saturated rings. The van der Waals surface area contributed by atoms with Crippen molar-refractivity contribution >= 4 is 28.9 Å². The number of phenolic OH excluding ortho intramolecular Hbond substituents is 1. The second-order valence-electron chi connectivity index (χ2n) is 5.19. The summed E-state index contributed by atoms with van der Waals surface area (Å²) in [7, 11) is 1.57. The number of hydrogen-bond acceptors (Lipinski definition) is 6. The number of halogens is 1. The lowest BCUT2D eigenvalue weighted by atomic mass is 10.2. The van der Waals surface area contributed by atoms with Crippen LogP contribution in [0.25, 0.3) is 0 Å². The summed E-state index contributed by atoms with van der Waals surface area (Å²) >= 11 is 6.03. The maximum Gasteiger partial charge on any atom is 0.333 e. The standard InChI is InChI=1S/C18H17ClN2O4/c1-11(2)18(23)25-10-12-8-13(19)9-16(17(12)22)21-20-14-4-6-15(24-3)7-5-14/h4-9,22H,1,10H2,2-3H3/b21-20+. The predicted molar refractivity (Wildman–Crippen MR) is 94.9 cm³/mol. The Kier molecular flexibility index (Phi) is 6.14. The fourth-order valence-electron chi connectivity index (χ4n) is 1.85. The summed E-state index contributed by atoms with van der Waals surface area (Å²) in [5.74, 6) is -0.0110. The molecule has 0 saturated heterocycles. The van der Waals surface area contributed by atoms with Gasteiger partial charge in [0, 0.05) is 16.2 Å². The highest BCUT2D eigenvalue weighted by Gasteiger charge is 2.12. The van der Waals surface area contributed by atoms with E-state index in [-0.39, 0.29) is 23.6 Å². The van der Waals surface area contributed by atoms with E-state index >= 15 is 0 Å². The van der Waals surface area contributed by atoms with Crippen LogP contribution in [0.4, 0.5) is 11.4 Å². The lowest BCUT2D eigenvalue weighted by Crippen LogP contribution is -2.05. The number of aromatic hydroxyl groups is 1. The van der Waals surface area contributed by atoms with Crippen molar-refractivity contribution in [3.8, 4) is 11.5 Å². The topological polar surface area (TPSA) is 80.5 Å². The maximum atomic E-state index is 11.5. The molecule has 7 heteroatoms. The Hall–Kier alpha value is -2.86. The smallest absolute Gasteiger partial charge is 0.333 e. The average molecular weight is 361 g/mol. The van der Waals surface area contributed by atoms with E-state index in [2.05, 4.69) is 16.8 Å². The number of ether oxygens (including phenoxy) is 2. The largest absolute Gasteiger partial charge is 0.505 e. The van der Waals surface area contributed by atoms with Crippen molar-refractivity contribution in [2.45, 2.75) is 13.5 Å². The second-order valence-corrected chi connectivity index (χ2v) is 5.62. The van der Waals surface area contributed by atoms with Crippen LogP contribution < -0.4 is 4.74 Å². The van der Waals surface area contributed by atoms with Gasteiger partial charge in [-0.3, -0.25) is 0 Å². The monoisotopic (exact) mass is 360 g/mol. The van der Waals surface area contributed by atoms with E-state index in [0.29, 0.717) is 22.0 Å². The van der Waals surface area contributed by atoms with Crippen LogP contribution >= 0.6 is 11.6 Å². The van der Waals surface area contributed by atoms with Gasteiger partial charge in [0.2, 0.25) is 0 Å². The van der Waals surface area contributed by atoms with Gasteiger partial charge in [0.15, 0.2) is 0 Å². The molecule has 0 aliphatic carbocycles. The zero-order chi connectivity index (χ0) is 18.4. The SMILES string of the molecule is C=C(C)C(=O)OCc1cc(Cl)cc(/N=N/c2ccc(OC)cc2)c1O. The minimum absolute atomic E-state index is 0.150. The molecule has 0 bridgehead atoms. The van der Waals surface area contributed by atoms with Crippen molar-refractivity contribution in [1.29, 1.82) is 0 Å². The minimum atomic E-state index is -0.555. The van der Waals surface area contributed by atoms with E-state index in [9.17, 15) is 9.90 Å². The molecule has 0 unspecified atom stereocenters. The fourth-order valence-corrected chi connectivity index (χ4v) is 2.09. The van der Waals surface area contributed by atoms with Crippen molar-refractivity contribution < 1.29 is 19.4 Å². The van der Waals surface area contributed by atoms with Crippen molar-refractivity contribution in [3.63, 3.8) is 0 Å². The zero-order valence-corrected chi connectivity index (χ0v) is 14.6. The molecule has 130 valence electrons. The first-order valence-corrected chi connectivity index (χ1v) is 7.68. The van der Waals surface area contributed by atoms with Crippen LogP contribution in [0, 0.1) is 0 Å². The number of rotatable bonds is 6. The Labute approximate surface area is 150 Å². The summed E-state index contributed by atoms with van der Waals surface area (Å²) in [6.45, 7) is 4.88. The highest BCUT2D eigenvalue weighted by molar-refractivity contribution is 6.31. The van der Waals surface area contributed by atoms with Gasteiger partial charge >= 0.3 is 5.97 Å². The van der Waals surface area contributed by atoms with E-state index in [1.54, 1.807) is 31.4 Å². The number of carbonyl (C=O) groups excluding carboxylic acids is 1. The summed E-state index contributed by atoms with van der Waals surface area (Å²) < 4.78 is 10.1. The molecule has 2 aromatic rings. The average Bonchev–Trinajstić information content (AvgIpc) is 2.60. The van der Waals surface area contributed by atoms with Gasteiger partial charge in [-0.25, -0.2) is 4.79 Å². The molecule has 6 nitrogen and oxygen atoms in total. The van der Waals surface area contributed by atoms with Crippen molar-refractivity contribution in [1.82, 2.24) is 0 Å². The van der Waals surface area contributed by atoms with Gasteiger partial charge in [-0.15, -0.1) is 5.11 Å². The van der Waals surface area contributed by atoms with Crippen LogP contribution in [-0.2, 0) is 16.1 Å². The molecule has 1 N–H and O–H groups in total. The quantitative estimate of drug-likeness (QED) is 0.442. The summed E-state index contributed by atoms with van der Waals surface area (Å²) in [5, 5.41) is 18.7.